The minimum atomic E-state index is -3.62. The van der Waals surface area contributed by atoms with Gasteiger partial charge in [0.05, 0.1) is 10.6 Å². The summed E-state index contributed by atoms with van der Waals surface area (Å²) < 4.78 is 27.5. The Balaban J connectivity index is 1.84. The summed E-state index contributed by atoms with van der Waals surface area (Å²) >= 11 is 5.81. The summed E-state index contributed by atoms with van der Waals surface area (Å²) in [7, 11) is -3.62. The van der Waals surface area contributed by atoms with E-state index in [2.05, 4.69) is 9.71 Å². The molecule has 0 unspecified atom stereocenters. The molecule has 6 heteroatoms. The molecule has 0 atom stereocenters. The Morgan fingerprint density at radius 3 is 2.36 bits per heavy atom. The highest BCUT2D eigenvalue weighted by Gasteiger charge is 2.15. The third-order valence-corrected chi connectivity index (χ3v) is 5.46. The third-order valence-electron chi connectivity index (χ3n) is 3.79. The first-order valence-corrected chi connectivity index (χ1v) is 9.58. The fraction of sp³-hybridized carbons (Fsp3) is 0.105. The largest absolute Gasteiger partial charge is 0.256 e. The van der Waals surface area contributed by atoms with Crippen LogP contribution in [0.25, 0.3) is 11.3 Å². The van der Waals surface area contributed by atoms with Crippen LogP contribution in [0.1, 0.15) is 11.1 Å². The van der Waals surface area contributed by atoms with Crippen LogP contribution in [-0.4, -0.2) is 13.4 Å². The van der Waals surface area contributed by atoms with Gasteiger partial charge in [-0.05, 0) is 42.8 Å². The average molecular weight is 373 g/mol. The summed E-state index contributed by atoms with van der Waals surface area (Å²) in [4.78, 5) is 4.59. The number of nitrogens with one attached hydrogen (secondary N) is 1. The molecule has 0 saturated carbocycles. The van der Waals surface area contributed by atoms with Crippen molar-refractivity contribution in [1.29, 1.82) is 0 Å². The molecular weight excluding hydrogens is 356 g/mol. The van der Waals surface area contributed by atoms with E-state index in [-0.39, 0.29) is 11.4 Å². The molecule has 2 aromatic carbocycles. The van der Waals surface area contributed by atoms with Crippen molar-refractivity contribution in [3.63, 3.8) is 0 Å². The highest BCUT2D eigenvalue weighted by Crippen LogP contribution is 2.22. The van der Waals surface area contributed by atoms with E-state index < -0.39 is 10.0 Å². The Kier molecular flexibility index (Phi) is 5.18. The predicted molar refractivity (Wildman–Crippen MR) is 99.9 cm³/mol. The van der Waals surface area contributed by atoms with Crippen molar-refractivity contribution in [2.75, 3.05) is 0 Å². The number of nitrogens with zero attached hydrogens (tertiary/aromatic N) is 1. The Bertz CT molecular complexity index is 969. The fourth-order valence-electron chi connectivity index (χ4n) is 2.42. The van der Waals surface area contributed by atoms with Crippen molar-refractivity contribution >= 4 is 21.6 Å². The van der Waals surface area contributed by atoms with Crippen molar-refractivity contribution in [2.24, 2.45) is 0 Å². The molecule has 1 heterocycles. The van der Waals surface area contributed by atoms with E-state index in [0.29, 0.717) is 5.02 Å². The van der Waals surface area contributed by atoms with Gasteiger partial charge >= 0.3 is 0 Å². The second-order valence-corrected chi connectivity index (χ2v) is 7.86. The van der Waals surface area contributed by atoms with Gasteiger partial charge in [-0.2, -0.15) is 0 Å². The van der Waals surface area contributed by atoms with E-state index in [9.17, 15) is 8.42 Å². The number of hydrogen-bond acceptors (Lipinski definition) is 3. The van der Waals surface area contributed by atoms with Gasteiger partial charge in [-0.3, -0.25) is 4.98 Å². The Hall–Kier alpha value is -2.21. The average Bonchev–Trinajstić information content (AvgIpc) is 2.61. The van der Waals surface area contributed by atoms with Crippen LogP contribution in [0.5, 0.6) is 0 Å². The maximum Gasteiger partial charge on any atom is 0.240 e. The fourth-order valence-corrected chi connectivity index (χ4v) is 3.56. The van der Waals surface area contributed by atoms with Gasteiger partial charge in [0.1, 0.15) is 0 Å². The van der Waals surface area contributed by atoms with E-state index in [1.165, 1.54) is 12.1 Å². The number of hydrogen-bond donors (Lipinski definition) is 1. The molecule has 25 heavy (non-hydrogen) atoms. The van der Waals surface area contributed by atoms with Crippen LogP contribution in [0, 0.1) is 6.92 Å². The maximum absolute atomic E-state index is 12.4. The van der Waals surface area contributed by atoms with Gasteiger partial charge in [0.15, 0.2) is 0 Å². The molecule has 1 aromatic heterocycles. The lowest BCUT2D eigenvalue weighted by Gasteiger charge is -2.11. The zero-order valence-corrected chi connectivity index (χ0v) is 15.2. The van der Waals surface area contributed by atoms with E-state index >= 15 is 0 Å². The third kappa shape index (κ3) is 4.25. The SMILES string of the molecule is Cc1ccc(-c2ncccc2CNS(=O)(=O)c2ccc(Cl)cc2)cc1. The lowest BCUT2D eigenvalue weighted by molar-refractivity contribution is 0.581. The zero-order valence-electron chi connectivity index (χ0n) is 13.6. The van der Waals surface area contributed by atoms with Crippen molar-refractivity contribution in [3.05, 3.63) is 83.0 Å². The highest BCUT2D eigenvalue weighted by atomic mass is 35.5. The number of benzene rings is 2. The number of sulfonamides is 1. The van der Waals surface area contributed by atoms with Gasteiger partial charge in [0.2, 0.25) is 10.0 Å². The molecule has 0 aliphatic heterocycles. The van der Waals surface area contributed by atoms with Crippen molar-refractivity contribution in [2.45, 2.75) is 18.4 Å². The standard InChI is InChI=1S/C19H17ClN2O2S/c1-14-4-6-15(7-5-14)19-16(3-2-12-21-19)13-22-25(23,24)18-10-8-17(20)9-11-18/h2-12,22H,13H2,1H3. The topological polar surface area (TPSA) is 59.1 Å². The molecule has 0 spiro atoms. The lowest BCUT2D eigenvalue weighted by Crippen LogP contribution is -2.23. The van der Waals surface area contributed by atoms with Crippen LogP contribution in [0.4, 0.5) is 0 Å². The van der Waals surface area contributed by atoms with Crippen molar-refractivity contribution < 1.29 is 8.42 Å². The molecule has 0 fully saturated rings. The Labute approximate surface area is 152 Å². The van der Waals surface area contributed by atoms with Gasteiger partial charge in [0.25, 0.3) is 0 Å². The van der Waals surface area contributed by atoms with Gasteiger partial charge < -0.3 is 0 Å². The van der Waals surface area contributed by atoms with Gasteiger partial charge in [-0.15, -0.1) is 0 Å². The van der Waals surface area contributed by atoms with Crippen molar-refractivity contribution in [1.82, 2.24) is 9.71 Å². The van der Waals surface area contributed by atoms with Gasteiger partial charge in [0, 0.05) is 23.3 Å². The normalized spacial score (nSPS) is 11.4. The molecule has 3 rings (SSSR count). The number of aromatic nitrogens is 1. The zero-order chi connectivity index (χ0) is 17.9. The van der Waals surface area contributed by atoms with Gasteiger partial charge in [-0.25, -0.2) is 13.1 Å². The minimum Gasteiger partial charge on any atom is -0.256 e. The number of aryl methyl sites for hydroxylation is 1. The summed E-state index contributed by atoms with van der Waals surface area (Å²) in [5.74, 6) is 0. The second-order valence-electron chi connectivity index (χ2n) is 5.66. The molecule has 0 aliphatic carbocycles. The quantitative estimate of drug-likeness (QED) is 0.730. The first-order chi connectivity index (χ1) is 12.0. The number of rotatable bonds is 5. The Morgan fingerprint density at radius 2 is 1.68 bits per heavy atom. The molecule has 0 amide bonds. The second kappa shape index (κ2) is 7.35. The molecular formula is C19H17ClN2O2S. The van der Waals surface area contributed by atoms with Crippen LogP contribution >= 0.6 is 11.6 Å². The Morgan fingerprint density at radius 1 is 1.00 bits per heavy atom. The minimum absolute atomic E-state index is 0.155. The van der Waals surface area contributed by atoms with E-state index in [4.69, 9.17) is 11.6 Å². The monoisotopic (exact) mass is 372 g/mol. The van der Waals surface area contributed by atoms with Crippen molar-refractivity contribution in [3.8, 4) is 11.3 Å². The number of pyridine rings is 1. The first-order valence-electron chi connectivity index (χ1n) is 7.72. The summed E-state index contributed by atoms with van der Waals surface area (Å²) in [6, 6.07) is 17.7. The van der Waals surface area contributed by atoms with Crippen LogP contribution in [0.3, 0.4) is 0 Å². The van der Waals surface area contributed by atoms with Gasteiger partial charge in [-0.1, -0.05) is 47.5 Å². The smallest absolute Gasteiger partial charge is 0.240 e. The van der Waals surface area contributed by atoms with Crippen LogP contribution in [-0.2, 0) is 16.6 Å². The molecule has 128 valence electrons. The van der Waals surface area contributed by atoms with E-state index in [0.717, 1.165) is 22.4 Å². The molecule has 1 N–H and O–H groups in total. The molecule has 0 aliphatic rings. The first kappa shape index (κ1) is 17.6. The highest BCUT2D eigenvalue weighted by molar-refractivity contribution is 7.89. The summed E-state index contributed by atoms with van der Waals surface area (Å²) in [6.45, 7) is 2.17. The molecule has 0 radical (unpaired) electrons. The number of halogens is 1. The summed E-state index contributed by atoms with van der Waals surface area (Å²) in [5.41, 5.74) is 3.68. The van der Waals surface area contributed by atoms with E-state index in [1.54, 1.807) is 24.4 Å². The summed E-state index contributed by atoms with van der Waals surface area (Å²) in [6.07, 6.45) is 1.70. The van der Waals surface area contributed by atoms with E-state index in [1.807, 2.05) is 37.3 Å². The predicted octanol–water partition coefficient (Wildman–Crippen LogP) is 4.19. The van der Waals surface area contributed by atoms with Crippen LogP contribution in [0.2, 0.25) is 5.02 Å². The molecule has 4 nitrogen and oxygen atoms in total. The molecule has 0 saturated heterocycles. The summed E-state index contributed by atoms with van der Waals surface area (Å²) in [5, 5.41) is 0.493. The van der Waals surface area contributed by atoms with Crippen LogP contribution in [0.15, 0.2) is 71.8 Å². The van der Waals surface area contributed by atoms with Crippen LogP contribution < -0.4 is 4.72 Å². The lowest BCUT2D eigenvalue weighted by atomic mass is 10.0. The molecule has 0 bridgehead atoms. The molecule has 3 aromatic rings. The maximum atomic E-state index is 12.4.